The van der Waals surface area contributed by atoms with Crippen LogP contribution in [-0.2, 0) is 6.54 Å². The maximum absolute atomic E-state index is 12.2. The molecule has 1 aliphatic rings. The van der Waals surface area contributed by atoms with Crippen molar-refractivity contribution in [2.75, 3.05) is 6.54 Å². The topological polar surface area (TPSA) is 74.8 Å². The van der Waals surface area contributed by atoms with Gasteiger partial charge in [0.25, 0.3) is 5.56 Å². The van der Waals surface area contributed by atoms with E-state index in [9.17, 15) is 4.79 Å². The number of aromatic amines is 1. The zero-order valence-electron chi connectivity index (χ0n) is 13.8. The van der Waals surface area contributed by atoms with Gasteiger partial charge in [-0.3, -0.25) is 19.7 Å². The van der Waals surface area contributed by atoms with Gasteiger partial charge in [-0.2, -0.15) is 0 Å². The summed E-state index contributed by atoms with van der Waals surface area (Å²) in [6, 6.07) is 11.3. The first-order chi connectivity index (χ1) is 12.3. The van der Waals surface area contributed by atoms with Gasteiger partial charge in [-0.25, -0.2) is 4.98 Å². The molecule has 3 aromatic rings. The van der Waals surface area contributed by atoms with Crippen LogP contribution < -0.4 is 5.56 Å². The van der Waals surface area contributed by atoms with E-state index in [-0.39, 0.29) is 11.6 Å². The third-order valence-electron chi connectivity index (χ3n) is 4.48. The molecule has 1 atom stereocenters. The van der Waals surface area contributed by atoms with Gasteiger partial charge in [-0.1, -0.05) is 12.1 Å². The normalized spacial score (nSPS) is 17.7. The number of hydrogen-bond acceptors (Lipinski definition) is 5. The number of nitrogens with zero attached hydrogens (tertiary/aromatic N) is 4. The largest absolute Gasteiger partial charge is 0.309 e. The second-order valence-corrected chi connectivity index (χ2v) is 6.22. The van der Waals surface area contributed by atoms with Crippen molar-refractivity contribution in [1.29, 1.82) is 0 Å². The maximum Gasteiger partial charge on any atom is 0.251 e. The first-order valence-corrected chi connectivity index (χ1v) is 8.45. The molecule has 6 nitrogen and oxygen atoms in total. The predicted molar refractivity (Wildman–Crippen MR) is 94.7 cm³/mol. The van der Waals surface area contributed by atoms with Crippen LogP contribution in [0.5, 0.6) is 0 Å². The Bertz CT molecular complexity index is 894. The van der Waals surface area contributed by atoms with E-state index < -0.39 is 0 Å². The lowest BCUT2D eigenvalue weighted by atomic mass is 10.1. The van der Waals surface area contributed by atoms with E-state index in [0.717, 1.165) is 37.3 Å². The van der Waals surface area contributed by atoms with Crippen LogP contribution in [0.1, 0.15) is 30.3 Å². The van der Waals surface area contributed by atoms with E-state index in [0.29, 0.717) is 11.4 Å². The summed E-state index contributed by atoms with van der Waals surface area (Å²) in [4.78, 5) is 30.6. The second-order valence-electron chi connectivity index (χ2n) is 6.22. The van der Waals surface area contributed by atoms with Crippen molar-refractivity contribution >= 4 is 0 Å². The minimum Gasteiger partial charge on any atom is -0.309 e. The predicted octanol–water partition coefficient (Wildman–Crippen LogP) is 2.56. The summed E-state index contributed by atoms with van der Waals surface area (Å²) in [7, 11) is 0. The van der Waals surface area contributed by atoms with Crippen molar-refractivity contribution < 1.29 is 0 Å². The van der Waals surface area contributed by atoms with E-state index in [4.69, 9.17) is 4.98 Å². The number of H-pyrrole nitrogens is 1. The van der Waals surface area contributed by atoms with Gasteiger partial charge in [-0.15, -0.1) is 0 Å². The monoisotopic (exact) mass is 333 g/mol. The van der Waals surface area contributed by atoms with Crippen molar-refractivity contribution in [3.05, 3.63) is 76.7 Å². The van der Waals surface area contributed by atoms with Gasteiger partial charge in [0.05, 0.1) is 17.4 Å². The molecule has 0 amide bonds. The highest BCUT2D eigenvalue weighted by Gasteiger charge is 2.28. The molecule has 0 spiro atoms. The Morgan fingerprint density at radius 3 is 2.92 bits per heavy atom. The highest BCUT2D eigenvalue weighted by atomic mass is 16.1. The van der Waals surface area contributed by atoms with E-state index in [1.807, 2.05) is 30.5 Å². The molecule has 1 unspecified atom stereocenters. The molecule has 0 saturated carbocycles. The van der Waals surface area contributed by atoms with Crippen LogP contribution in [0.2, 0.25) is 0 Å². The van der Waals surface area contributed by atoms with Crippen molar-refractivity contribution in [3.8, 4) is 11.4 Å². The van der Waals surface area contributed by atoms with Gasteiger partial charge in [0, 0.05) is 31.2 Å². The molecule has 4 rings (SSSR count). The number of pyridine rings is 2. The standard InChI is InChI=1S/C19H19N5O/c25-18-11-16(15-6-1-2-9-21-15)22-19(23-18)17-7-4-10-24(17)13-14-5-3-8-20-12-14/h1-3,5-6,8-9,11-12,17H,4,7,10,13H2,(H,22,23,25). The molecular formula is C19H19N5O. The minimum absolute atomic E-state index is 0.108. The zero-order chi connectivity index (χ0) is 17.1. The molecule has 6 heteroatoms. The number of hydrogen-bond donors (Lipinski definition) is 1. The first kappa shape index (κ1) is 15.7. The SMILES string of the molecule is O=c1cc(-c2ccccn2)nc(C2CCCN2Cc2cccnc2)[nH]1. The Hall–Kier alpha value is -2.86. The second kappa shape index (κ2) is 6.94. The molecule has 1 fully saturated rings. The molecule has 1 saturated heterocycles. The fraction of sp³-hybridized carbons (Fsp3) is 0.263. The Balaban J connectivity index is 1.64. The first-order valence-electron chi connectivity index (χ1n) is 8.45. The quantitative estimate of drug-likeness (QED) is 0.794. The summed E-state index contributed by atoms with van der Waals surface area (Å²) in [6.07, 6.45) is 7.44. The van der Waals surface area contributed by atoms with E-state index in [2.05, 4.69) is 25.9 Å². The van der Waals surface area contributed by atoms with Crippen LogP contribution in [-0.4, -0.2) is 31.4 Å². The van der Waals surface area contributed by atoms with Gasteiger partial charge in [0.15, 0.2) is 0 Å². The lowest BCUT2D eigenvalue weighted by molar-refractivity contribution is 0.239. The van der Waals surface area contributed by atoms with Crippen molar-refractivity contribution in [1.82, 2.24) is 24.8 Å². The number of likely N-dealkylation sites (tertiary alicyclic amines) is 1. The summed E-state index contributed by atoms with van der Waals surface area (Å²) in [5, 5.41) is 0. The Labute approximate surface area is 145 Å². The summed E-state index contributed by atoms with van der Waals surface area (Å²) >= 11 is 0. The average Bonchev–Trinajstić information content (AvgIpc) is 3.11. The molecule has 1 N–H and O–H groups in total. The molecule has 3 aromatic heterocycles. The third kappa shape index (κ3) is 3.49. The Kier molecular flexibility index (Phi) is 4.35. The van der Waals surface area contributed by atoms with E-state index in [1.54, 1.807) is 12.4 Å². The van der Waals surface area contributed by atoms with Gasteiger partial charge >= 0.3 is 0 Å². The molecule has 0 aromatic carbocycles. The third-order valence-corrected chi connectivity index (χ3v) is 4.48. The van der Waals surface area contributed by atoms with Gasteiger partial charge in [-0.05, 0) is 43.1 Å². The lowest BCUT2D eigenvalue weighted by Crippen LogP contribution is -2.26. The molecule has 4 heterocycles. The van der Waals surface area contributed by atoms with Crippen molar-refractivity contribution in [2.45, 2.75) is 25.4 Å². The Morgan fingerprint density at radius 2 is 2.12 bits per heavy atom. The summed E-state index contributed by atoms with van der Waals surface area (Å²) in [5.74, 6) is 0.717. The van der Waals surface area contributed by atoms with Gasteiger partial charge in [0.2, 0.25) is 0 Å². The van der Waals surface area contributed by atoms with Crippen LogP contribution >= 0.6 is 0 Å². The fourth-order valence-electron chi connectivity index (χ4n) is 3.33. The zero-order valence-corrected chi connectivity index (χ0v) is 13.8. The van der Waals surface area contributed by atoms with E-state index >= 15 is 0 Å². The molecule has 0 bridgehead atoms. The molecule has 126 valence electrons. The Morgan fingerprint density at radius 1 is 1.16 bits per heavy atom. The number of nitrogens with one attached hydrogen (secondary N) is 1. The average molecular weight is 333 g/mol. The van der Waals surface area contributed by atoms with Crippen molar-refractivity contribution in [3.63, 3.8) is 0 Å². The number of aromatic nitrogens is 4. The molecule has 25 heavy (non-hydrogen) atoms. The lowest BCUT2D eigenvalue weighted by Gasteiger charge is -2.23. The molecule has 1 aliphatic heterocycles. The van der Waals surface area contributed by atoms with Gasteiger partial charge < -0.3 is 4.98 Å². The van der Waals surface area contributed by atoms with Crippen LogP contribution in [0.4, 0.5) is 0 Å². The van der Waals surface area contributed by atoms with Crippen LogP contribution in [0.3, 0.4) is 0 Å². The summed E-state index contributed by atoms with van der Waals surface area (Å²) in [6.45, 7) is 1.78. The van der Waals surface area contributed by atoms with Crippen LogP contribution in [0.25, 0.3) is 11.4 Å². The number of rotatable bonds is 4. The van der Waals surface area contributed by atoms with Crippen molar-refractivity contribution in [2.24, 2.45) is 0 Å². The molecule has 0 aliphatic carbocycles. The van der Waals surface area contributed by atoms with Crippen LogP contribution in [0, 0.1) is 0 Å². The van der Waals surface area contributed by atoms with Crippen LogP contribution in [0.15, 0.2) is 59.8 Å². The summed E-state index contributed by atoms with van der Waals surface area (Å²) in [5.41, 5.74) is 2.36. The smallest absolute Gasteiger partial charge is 0.251 e. The maximum atomic E-state index is 12.2. The van der Waals surface area contributed by atoms with Gasteiger partial charge in [0.1, 0.15) is 5.82 Å². The highest BCUT2D eigenvalue weighted by Crippen LogP contribution is 2.31. The highest BCUT2D eigenvalue weighted by molar-refractivity contribution is 5.52. The summed E-state index contributed by atoms with van der Waals surface area (Å²) < 4.78 is 0. The minimum atomic E-state index is -0.140. The fourth-order valence-corrected chi connectivity index (χ4v) is 3.33. The molecular weight excluding hydrogens is 314 g/mol. The molecule has 0 radical (unpaired) electrons. The van der Waals surface area contributed by atoms with E-state index in [1.165, 1.54) is 6.07 Å².